The summed E-state index contributed by atoms with van der Waals surface area (Å²) in [7, 11) is 0. The molecular weight excluding hydrogens is 291 g/mol. The van der Waals surface area contributed by atoms with Crippen molar-refractivity contribution in [2.24, 2.45) is 0 Å². The van der Waals surface area contributed by atoms with Crippen molar-refractivity contribution in [1.82, 2.24) is 5.32 Å². The van der Waals surface area contributed by atoms with E-state index in [1.807, 2.05) is 0 Å². The van der Waals surface area contributed by atoms with E-state index in [4.69, 9.17) is 0 Å². The number of hydrogen-bond acceptors (Lipinski definition) is 2. The quantitative estimate of drug-likeness (QED) is 0.521. The summed E-state index contributed by atoms with van der Waals surface area (Å²) in [6.45, 7) is 3.26. The Morgan fingerprint density at radius 1 is 1.00 bits per heavy atom. The fourth-order valence-corrected chi connectivity index (χ4v) is 2.66. The summed E-state index contributed by atoms with van der Waals surface area (Å²) in [6.07, 6.45) is 1.97. The van der Waals surface area contributed by atoms with Crippen LogP contribution in [0.3, 0.4) is 0 Å². The molecule has 1 fully saturated rings. The van der Waals surface area contributed by atoms with Gasteiger partial charge in [0.15, 0.2) is 23.3 Å². The molecule has 1 heterocycles. The second-order valence-electron chi connectivity index (χ2n) is 5.11. The maximum Gasteiger partial charge on any atom is 0.200 e. The first-order valence-electron chi connectivity index (χ1n) is 6.97. The summed E-state index contributed by atoms with van der Waals surface area (Å²) in [5.74, 6) is -9.43. The third kappa shape index (κ3) is 2.97. The first kappa shape index (κ1) is 16.0. The highest BCUT2D eigenvalue weighted by molar-refractivity contribution is 5.51. The van der Waals surface area contributed by atoms with Crippen LogP contribution in [0, 0.1) is 29.1 Å². The van der Waals surface area contributed by atoms with Crippen molar-refractivity contribution in [2.45, 2.75) is 32.2 Å². The topological polar surface area (TPSA) is 15.3 Å². The average molecular weight is 308 g/mol. The van der Waals surface area contributed by atoms with Gasteiger partial charge < -0.3 is 10.2 Å². The molecule has 0 aliphatic carbocycles. The maximum atomic E-state index is 13.9. The summed E-state index contributed by atoms with van der Waals surface area (Å²) < 4.78 is 67.8. The lowest BCUT2D eigenvalue weighted by Crippen LogP contribution is -2.47. The molecular formula is C14H17F5N2. The minimum atomic E-state index is -2.12. The van der Waals surface area contributed by atoms with E-state index < -0.39 is 34.8 Å². The molecule has 0 saturated carbocycles. The van der Waals surface area contributed by atoms with Crippen molar-refractivity contribution >= 4 is 5.69 Å². The molecule has 1 N–H and O–H groups in total. The van der Waals surface area contributed by atoms with Gasteiger partial charge in [0, 0.05) is 19.1 Å². The standard InChI is InChI=1S/C14H17F5N2/c1-2-6-21(8-4-3-5-20-7-8)14-12(18)10(16)9(15)11(17)13(14)19/h8,20H,2-7H2,1H3. The van der Waals surface area contributed by atoms with Gasteiger partial charge in [-0.25, -0.2) is 22.0 Å². The summed E-state index contributed by atoms with van der Waals surface area (Å²) in [5, 5.41) is 3.07. The second kappa shape index (κ2) is 6.60. The first-order chi connectivity index (χ1) is 9.99. The Morgan fingerprint density at radius 3 is 2.05 bits per heavy atom. The van der Waals surface area contributed by atoms with E-state index in [0.29, 0.717) is 19.4 Å². The van der Waals surface area contributed by atoms with Crippen molar-refractivity contribution < 1.29 is 22.0 Å². The lowest BCUT2D eigenvalue weighted by atomic mass is 10.0. The SMILES string of the molecule is CCCN(c1c(F)c(F)c(F)c(F)c1F)C1CCCNC1. The van der Waals surface area contributed by atoms with E-state index in [0.717, 1.165) is 13.0 Å². The Labute approximate surface area is 119 Å². The number of piperidine rings is 1. The van der Waals surface area contributed by atoms with E-state index in [-0.39, 0.29) is 12.6 Å². The number of rotatable bonds is 4. The zero-order chi connectivity index (χ0) is 15.6. The molecule has 0 amide bonds. The highest BCUT2D eigenvalue weighted by Gasteiger charge is 2.32. The molecule has 0 bridgehead atoms. The second-order valence-corrected chi connectivity index (χ2v) is 5.11. The molecule has 1 unspecified atom stereocenters. The zero-order valence-electron chi connectivity index (χ0n) is 11.7. The molecule has 1 aromatic rings. The molecule has 2 nitrogen and oxygen atoms in total. The monoisotopic (exact) mass is 308 g/mol. The number of halogens is 5. The molecule has 0 radical (unpaired) electrons. The number of benzene rings is 1. The van der Waals surface area contributed by atoms with Crippen LogP contribution in [-0.4, -0.2) is 25.7 Å². The van der Waals surface area contributed by atoms with Crippen LogP contribution in [0.25, 0.3) is 0 Å². The lowest BCUT2D eigenvalue weighted by Gasteiger charge is -2.36. The Hall–Kier alpha value is -1.37. The Morgan fingerprint density at radius 2 is 1.57 bits per heavy atom. The van der Waals surface area contributed by atoms with Crippen LogP contribution in [0.4, 0.5) is 27.6 Å². The maximum absolute atomic E-state index is 13.9. The molecule has 1 aliphatic heterocycles. The normalized spacial score (nSPS) is 18.9. The highest BCUT2D eigenvalue weighted by Crippen LogP contribution is 2.32. The summed E-state index contributed by atoms with van der Waals surface area (Å²) in [6, 6.07) is -0.285. The summed E-state index contributed by atoms with van der Waals surface area (Å²) in [5.41, 5.74) is -0.818. The number of nitrogens with one attached hydrogen (secondary N) is 1. The van der Waals surface area contributed by atoms with Gasteiger partial charge >= 0.3 is 0 Å². The molecule has 1 aromatic carbocycles. The third-order valence-electron chi connectivity index (χ3n) is 3.65. The van der Waals surface area contributed by atoms with Crippen molar-refractivity contribution in [3.05, 3.63) is 29.1 Å². The van der Waals surface area contributed by atoms with Crippen molar-refractivity contribution in [3.8, 4) is 0 Å². The fraction of sp³-hybridized carbons (Fsp3) is 0.571. The molecule has 21 heavy (non-hydrogen) atoms. The molecule has 1 saturated heterocycles. The van der Waals surface area contributed by atoms with Crippen LogP contribution in [-0.2, 0) is 0 Å². The van der Waals surface area contributed by atoms with Crippen LogP contribution in [0.1, 0.15) is 26.2 Å². The van der Waals surface area contributed by atoms with Crippen LogP contribution in [0.15, 0.2) is 0 Å². The van der Waals surface area contributed by atoms with Gasteiger partial charge in [-0.15, -0.1) is 0 Å². The summed E-state index contributed by atoms with van der Waals surface area (Å²) >= 11 is 0. The molecule has 0 aromatic heterocycles. The zero-order valence-corrected chi connectivity index (χ0v) is 11.7. The predicted molar refractivity (Wildman–Crippen MR) is 69.8 cm³/mol. The Balaban J connectivity index is 2.49. The van der Waals surface area contributed by atoms with E-state index in [9.17, 15) is 22.0 Å². The molecule has 118 valence electrons. The average Bonchev–Trinajstić information content (AvgIpc) is 2.51. The van der Waals surface area contributed by atoms with Gasteiger partial charge in [0.05, 0.1) is 0 Å². The minimum Gasteiger partial charge on any atom is -0.362 e. The minimum absolute atomic E-state index is 0.227. The van der Waals surface area contributed by atoms with Gasteiger partial charge in [0.2, 0.25) is 5.82 Å². The van der Waals surface area contributed by atoms with Crippen molar-refractivity contribution in [1.29, 1.82) is 0 Å². The number of hydrogen-bond donors (Lipinski definition) is 1. The lowest BCUT2D eigenvalue weighted by molar-refractivity contribution is 0.368. The van der Waals surface area contributed by atoms with Gasteiger partial charge in [-0.05, 0) is 25.8 Å². The number of nitrogens with zero attached hydrogens (tertiary/aromatic N) is 1. The third-order valence-corrected chi connectivity index (χ3v) is 3.65. The largest absolute Gasteiger partial charge is 0.362 e. The fourth-order valence-electron chi connectivity index (χ4n) is 2.66. The predicted octanol–water partition coefficient (Wildman–Crippen LogP) is 3.35. The van der Waals surface area contributed by atoms with E-state index in [2.05, 4.69) is 5.32 Å². The molecule has 7 heteroatoms. The molecule has 1 atom stereocenters. The van der Waals surface area contributed by atoms with E-state index in [1.165, 1.54) is 4.90 Å². The van der Waals surface area contributed by atoms with Crippen LogP contribution < -0.4 is 10.2 Å². The highest BCUT2D eigenvalue weighted by atomic mass is 19.2. The van der Waals surface area contributed by atoms with Gasteiger partial charge in [0.1, 0.15) is 5.69 Å². The molecule has 0 spiro atoms. The van der Waals surface area contributed by atoms with Gasteiger partial charge in [-0.2, -0.15) is 0 Å². The Kier molecular flexibility index (Phi) is 5.03. The van der Waals surface area contributed by atoms with Crippen molar-refractivity contribution in [3.63, 3.8) is 0 Å². The first-order valence-corrected chi connectivity index (χ1v) is 6.97. The van der Waals surface area contributed by atoms with Crippen LogP contribution in [0.2, 0.25) is 0 Å². The van der Waals surface area contributed by atoms with Crippen LogP contribution >= 0.6 is 0 Å². The van der Waals surface area contributed by atoms with Gasteiger partial charge in [0.25, 0.3) is 0 Å². The molecule has 2 rings (SSSR count). The van der Waals surface area contributed by atoms with E-state index in [1.54, 1.807) is 6.92 Å². The Bertz CT molecular complexity index is 486. The number of anilines is 1. The van der Waals surface area contributed by atoms with Crippen molar-refractivity contribution in [2.75, 3.05) is 24.5 Å². The van der Waals surface area contributed by atoms with Gasteiger partial charge in [-0.1, -0.05) is 6.92 Å². The summed E-state index contributed by atoms with van der Waals surface area (Å²) in [4.78, 5) is 1.29. The smallest absolute Gasteiger partial charge is 0.200 e. The van der Waals surface area contributed by atoms with Gasteiger partial charge in [-0.3, -0.25) is 0 Å². The van der Waals surface area contributed by atoms with E-state index >= 15 is 0 Å². The van der Waals surface area contributed by atoms with Crippen LogP contribution in [0.5, 0.6) is 0 Å². The molecule has 1 aliphatic rings.